The second kappa shape index (κ2) is 24.5. The number of fused-ring (bicyclic) bond motifs is 13. The molecule has 2 fully saturated rings. The van der Waals surface area contributed by atoms with Gasteiger partial charge >= 0.3 is 0 Å². The lowest BCUT2D eigenvalue weighted by molar-refractivity contribution is -0.368. The minimum absolute atomic E-state index is 0.0923. The van der Waals surface area contributed by atoms with Crippen LogP contribution in [0.25, 0.3) is 0 Å². The number of hydrogen-bond acceptors (Lipinski definition) is 16. The number of allylic oxidation sites excluding steroid dienone is 8. The summed E-state index contributed by atoms with van der Waals surface area (Å²) in [6, 6.07) is 28.8. The Bertz CT molecular complexity index is 3030. The molecule has 0 saturated carbocycles. The molecule has 10 bridgehead atoms. The first-order valence-corrected chi connectivity index (χ1v) is 26.3. The summed E-state index contributed by atoms with van der Waals surface area (Å²) in [5.74, 6) is 1.05. The topological polar surface area (TPSA) is 192 Å². The number of phenols is 2. The zero-order valence-electron chi connectivity index (χ0n) is 43.1. The Balaban J connectivity index is 0.973. The Kier molecular flexibility index (Phi) is 16.6. The van der Waals surface area contributed by atoms with Crippen molar-refractivity contribution in [1.82, 2.24) is 0 Å². The predicted molar refractivity (Wildman–Crippen MR) is 289 cm³/mol. The van der Waals surface area contributed by atoms with Gasteiger partial charge in [-0.1, -0.05) is 66.7 Å². The molecule has 0 aromatic heterocycles. The lowest BCUT2D eigenvalue weighted by Gasteiger charge is -2.48. The summed E-state index contributed by atoms with van der Waals surface area (Å²) in [6.45, 7) is 1.66. The van der Waals surface area contributed by atoms with Gasteiger partial charge in [-0.15, -0.1) is 0 Å². The molecule has 12 rings (SSSR count). The number of carbonyl (C=O) groups is 2. The van der Waals surface area contributed by atoms with E-state index in [1.165, 1.54) is 24.3 Å². The summed E-state index contributed by atoms with van der Waals surface area (Å²) in [4.78, 5) is 34.0. The van der Waals surface area contributed by atoms with Crippen LogP contribution in [0.1, 0.15) is 56.4 Å². The molecular weight excluding hydrogens is 997 g/mol. The number of hydrogen-bond donors (Lipinski definition) is 2. The predicted octanol–water partition coefficient (Wildman–Crippen LogP) is 8.37. The quantitative estimate of drug-likeness (QED) is 0.126. The lowest BCUT2D eigenvalue weighted by atomic mass is 9.91. The third-order valence-corrected chi connectivity index (χ3v) is 14.2. The van der Waals surface area contributed by atoms with E-state index in [9.17, 15) is 19.8 Å². The van der Waals surface area contributed by atoms with Crippen LogP contribution in [-0.2, 0) is 73.2 Å². The normalized spacial score (nSPS) is 23.9. The van der Waals surface area contributed by atoms with Crippen LogP contribution in [0.15, 0.2) is 150 Å². The fraction of sp³-hybridized carbons (Fsp3) is 0.323. The van der Waals surface area contributed by atoms with Gasteiger partial charge in [0.15, 0.2) is 24.1 Å². The molecule has 7 aliphatic rings. The van der Waals surface area contributed by atoms with Crippen LogP contribution in [0.4, 0.5) is 11.4 Å². The average Bonchev–Trinajstić information content (AvgIpc) is 3.58. The Morgan fingerprint density at radius 3 is 1.38 bits per heavy atom. The SMILES string of the molecule is CO[C@H]1O[C@H]2CO[C@@H](c3ccccc3)O[C@H]2[C@@H]2OCCOCCOc3c4cccc3Cc3cc(N=C5C=CC(=O)C=C5)cc(c3O)Cc3cccc(c3OCCOCCO[C@@H]12)Cc1cc(N=C2C=CC(=O)C=C2)cc(c1O)C4. The van der Waals surface area contributed by atoms with Crippen LogP contribution < -0.4 is 9.47 Å². The van der Waals surface area contributed by atoms with Gasteiger partial charge in [-0.25, -0.2) is 9.98 Å². The number of carbonyl (C=O) groups excluding carboxylic acids is 2. The van der Waals surface area contributed by atoms with Crippen molar-refractivity contribution in [2.75, 3.05) is 66.6 Å². The highest BCUT2D eigenvalue weighted by molar-refractivity contribution is 6.17. The number of nitrogens with zero attached hydrogens (tertiary/aromatic N) is 2. The number of rotatable bonds is 4. The molecule has 2 N–H and O–H groups in total. The molecule has 6 atom stereocenters. The van der Waals surface area contributed by atoms with Gasteiger partial charge in [0.25, 0.3) is 0 Å². The number of phenolic OH excluding ortho intramolecular Hbond substituents is 2. The van der Waals surface area contributed by atoms with E-state index >= 15 is 0 Å². The second-order valence-electron chi connectivity index (χ2n) is 19.5. The van der Waals surface area contributed by atoms with Crippen LogP contribution in [-0.4, -0.2) is 130 Å². The summed E-state index contributed by atoms with van der Waals surface area (Å²) in [5, 5.41) is 24.7. The van der Waals surface area contributed by atoms with Crippen LogP contribution in [0, 0.1) is 0 Å². The summed E-state index contributed by atoms with van der Waals surface area (Å²) < 4.78 is 64.0. The molecule has 0 radical (unpaired) electrons. The van der Waals surface area contributed by atoms with Gasteiger partial charge in [0.05, 0.1) is 69.0 Å². The average molecular weight is 1060 g/mol. The van der Waals surface area contributed by atoms with Gasteiger partial charge in [0.1, 0.15) is 60.6 Å². The lowest BCUT2D eigenvalue weighted by Crippen LogP contribution is -2.63. The number of methoxy groups -OCH3 is 1. The van der Waals surface area contributed by atoms with Crippen LogP contribution in [0.2, 0.25) is 0 Å². The maximum atomic E-state index is 12.4. The fourth-order valence-electron chi connectivity index (χ4n) is 10.5. The first-order chi connectivity index (χ1) is 38.2. The summed E-state index contributed by atoms with van der Waals surface area (Å²) in [7, 11) is 1.56. The molecule has 0 amide bonds. The number of aliphatic imine (C=N–C) groups is 2. The Morgan fingerprint density at radius 1 is 0.474 bits per heavy atom. The highest BCUT2D eigenvalue weighted by Gasteiger charge is 2.51. The molecular formula is C62H60N2O14. The van der Waals surface area contributed by atoms with Gasteiger partial charge in [-0.3, -0.25) is 9.59 Å². The number of benzene rings is 5. The molecule has 5 aromatic carbocycles. The highest BCUT2D eigenvalue weighted by Crippen LogP contribution is 2.42. The van der Waals surface area contributed by atoms with Crippen molar-refractivity contribution < 1.29 is 67.2 Å². The van der Waals surface area contributed by atoms with Gasteiger partial charge in [0, 0.05) is 60.6 Å². The number of ether oxygens (including phenoxy) is 10. The zero-order valence-corrected chi connectivity index (χ0v) is 43.1. The van der Waals surface area contributed by atoms with Gasteiger partial charge < -0.3 is 57.6 Å². The van der Waals surface area contributed by atoms with Crippen LogP contribution in [0.5, 0.6) is 23.0 Å². The Hall–Kier alpha value is -7.38. The minimum Gasteiger partial charge on any atom is -0.507 e. The van der Waals surface area contributed by atoms with Crippen molar-refractivity contribution in [3.63, 3.8) is 0 Å². The standard InChI is InChI=1S/C62H60N2O14/c1-69-62-60-59(58-53(77-62)37-76-61(78-58)38-7-3-2-4-8-38)74-27-23-70-21-25-72-56-39-9-5-10-40(56)30-44-34-50(64-48-15-19-52(66)20-16-48)36-46(55(44)68)32-42-12-6-11-41(57(42)73-26-22-71-24-28-75-60)31-45-35-49(33-43(29-39)54(45)67)63-47-13-17-51(65)18-14-47/h2-20,33-36,53,58-62,67-68H,21-32,37H2,1H3/t53-,58+,59-,60+,61+,62-/m0/s1. The first kappa shape index (κ1) is 52.7. The second-order valence-corrected chi connectivity index (χ2v) is 19.5. The number of para-hydroxylation sites is 2. The van der Waals surface area contributed by atoms with E-state index in [0.717, 1.165) is 27.8 Å². The third kappa shape index (κ3) is 12.3. The summed E-state index contributed by atoms with van der Waals surface area (Å²) >= 11 is 0. The van der Waals surface area contributed by atoms with E-state index in [0.29, 0.717) is 56.6 Å². The Morgan fingerprint density at radius 2 is 0.923 bits per heavy atom. The molecule has 402 valence electrons. The van der Waals surface area contributed by atoms with E-state index in [1.54, 1.807) is 31.4 Å². The molecule has 3 aliphatic carbocycles. The maximum Gasteiger partial charge on any atom is 0.186 e. The smallest absolute Gasteiger partial charge is 0.186 e. The molecule has 4 heterocycles. The number of ketones is 2. The van der Waals surface area contributed by atoms with E-state index in [-0.39, 0.29) is 108 Å². The fourth-order valence-corrected chi connectivity index (χ4v) is 10.5. The number of aromatic hydroxyl groups is 2. The maximum absolute atomic E-state index is 12.4. The third-order valence-electron chi connectivity index (χ3n) is 14.2. The molecule has 5 aromatic rings. The van der Waals surface area contributed by atoms with Crippen molar-refractivity contribution in [2.45, 2.75) is 62.7 Å². The zero-order chi connectivity index (χ0) is 53.4. The van der Waals surface area contributed by atoms with E-state index < -0.39 is 37.0 Å². The van der Waals surface area contributed by atoms with Gasteiger partial charge in [-0.05, 0) is 95.1 Å². The molecule has 4 aliphatic heterocycles. The van der Waals surface area contributed by atoms with Gasteiger partial charge in [-0.2, -0.15) is 0 Å². The van der Waals surface area contributed by atoms with E-state index in [1.807, 2.05) is 91.0 Å². The van der Waals surface area contributed by atoms with E-state index in [4.69, 9.17) is 57.4 Å². The van der Waals surface area contributed by atoms with Crippen molar-refractivity contribution >= 4 is 34.4 Å². The molecule has 16 heteroatoms. The first-order valence-electron chi connectivity index (χ1n) is 26.3. The van der Waals surface area contributed by atoms with Crippen molar-refractivity contribution in [3.8, 4) is 23.0 Å². The van der Waals surface area contributed by atoms with Crippen molar-refractivity contribution in [1.29, 1.82) is 0 Å². The van der Waals surface area contributed by atoms with Crippen LogP contribution >= 0.6 is 0 Å². The monoisotopic (exact) mass is 1060 g/mol. The summed E-state index contributed by atoms with van der Waals surface area (Å²) in [6.07, 6.45) is 9.67. The molecule has 0 unspecified atom stereocenters. The highest BCUT2D eigenvalue weighted by atomic mass is 16.8. The molecule has 0 spiro atoms. The Labute approximate surface area is 451 Å². The van der Waals surface area contributed by atoms with E-state index in [2.05, 4.69) is 0 Å². The van der Waals surface area contributed by atoms with Crippen LogP contribution in [0.3, 0.4) is 0 Å². The van der Waals surface area contributed by atoms with Crippen molar-refractivity contribution in [2.24, 2.45) is 9.98 Å². The van der Waals surface area contributed by atoms with Gasteiger partial charge in [0.2, 0.25) is 0 Å². The van der Waals surface area contributed by atoms with Crippen molar-refractivity contribution in [3.05, 3.63) is 190 Å². The molecule has 78 heavy (non-hydrogen) atoms. The minimum atomic E-state index is -0.798. The molecule has 2 saturated heterocycles. The summed E-state index contributed by atoms with van der Waals surface area (Å²) in [5.41, 5.74) is 8.64. The largest absolute Gasteiger partial charge is 0.507 e. The molecule has 16 nitrogen and oxygen atoms in total.